The molecule has 31 heavy (non-hydrogen) atoms. The number of aromatic nitrogens is 1. The predicted octanol–water partition coefficient (Wildman–Crippen LogP) is 4.29. The molecule has 0 spiro atoms. The van der Waals surface area contributed by atoms with Crippen LogP contribution in [0, 0.1) is 6.92 Å². The van der Waals surface area contributed by atoms with Crippen LogP contribution in [0.5, 0.6) is 0 Å². The quantitative estimate of drug-likeness (QED) is 0.479. The Bertz CT molecular complexity index is 1480. The van der Waals surface area contributed by atoms with E-state index in [9.17, 15) is 13.2 Å². The van der Waals surface area contributed by atoms with Crippen LogP contribution in [0.15, 0.2) is 77.7 Å². The van der Waals surface area contributed by atoms with Gasteiger partial charge in [-0.1, -0.05) is 54.1 Å². The summed E-state index contributed by atoms with van der Waals surface area (Å²) in [6.07, 6.45) is 0.491. The Morgan fingerprint density at radius 3 is 2.42 bits per heavy atom. The second-order valence-electron chi connectivity index (χ2n) is 8.20. The average molecular weight is 429 g/mol. The molecule has 1 amide bonds. The van der Waals surface area contributed by atoms with E-state index in [1.165, 1.54) is 3.97 Å². The summed E-state index contributed by atoms with van der Waals surface area (Å²) in [5.41, 5.74) is 5.02. The van der Waals surface area contributed by atoms with E-state index in [0.717, 1.165) is 27.8 Å². The number of carbonyl (C=O) groups is 1. The minimum Gasteiger partial charge on any atom is -0.327 e. The third-order valence-electron chi connectivity index (χ3n) is 6.45. The third kappa shape index (κ3) is 2.42. The summed E-state index contributed by atoms with van der Waals surface area (Å²) in [5.74, 6) is 0.0180. The molecule has 2 aliphatic rings. The smallest absolute Gasteiger partial charge is 0.268 e. The third-order valence-corrected chi connectivity index (χ3v) is 8.22. The van der Waals surface area contributed by atoms with Crippen molar-refractivity contribution in [2.45, 2.75) is 24.3 Å². The lowest BCUT2D eigenvalue weighted by Crippen LogP contribution is -2.36. The van der Waals surface area contributed by atoms with Crippen molar-refractivity contribution >= 4 is 26.8 Å². The Kier molecular flexibility index (Phi) is 3.74. The molecule has 0 bridgehead atoms. The van der Waals surface area contributed by atoms with Gasteiger partial charge < -0.3 is 4.90 Å². The van der Waals surface area contributed by atoms with Crippen LogP contribution in [-0.2, 0) is 16.4 Å². The largest absolute Gasteiger partial charge is 0.327 e. The topological polar surface area (TPSA) is 59.4 Å². The molecule has 1 atom stereocenters. The molecule has 6 rings (SSSR count). The van der Waals surface area contributed by atoms with Crippen LogP contribution in [0.3, 0.4) is 0 Å². The highest BCUT2D eigenvalue weighted by Gasteiger charge is 2.44. The number of para-hydroxylation sites is 1. The Labute approximate surface area is 180 Å². The van der Waals surface area contributed by atoms with Gasteiger partial charge in [0.1, 0.15) is 0 Å². The first-order chi connectivity index (χ1) is 15.0. The summed E-state index contributed by atoms with van der Waals surface area (Å²) in [5, 5.41) is 0.882. The average Bonchev–Trinajstić information content (AvgIpc) is 3.27. The molecule has 3 aromatic carbocycles. The number of carbonyl (C=O) groups excluding carboxylic acids is 1. The molecule has 0 saturated carbocycles. The van der Waals surface area contributed by atoms with Crippen LogP contribution in [0.25, 0.3) is 10.9 Å². The molecule has 1 unspecified atom stereocenters. The fraction of sp³-hybridized carbons (Fsp3) is 0.160. The standard InChI is InChI=1S/C25H20N2O3S/c1-16-10-12-17(13-11-16)31(29,30)27-21-9-5-4-8-20(21)23-22(27)14-15-26-24(23)18-6-2-3-7-19(18)25(26)28/h2-13,24H,14-15H2,1H3. The van der Waals surface area contributed by atoms with E-state index in [2.05, 4.69) is 0 Å². The zero-order valence-corrected chi connectivity index (χ0v) is 17.8. The predicted molar refractivity (Wildman–Crippen MR) is 119 cm³/mol. The van der Waals surface area contributed by atoms with Gasteiger partial charge in [-0.3, -0.25) is 4.79 Å². The lowest BCUT2D eigenvalue weighted by atomic mass is 9.92. The summed E-state index contributed by atoms with van der Waals surface area (Å²) in [6.45, 7) is 2.43. The molecule has 2 aliphatic heterocycles. The number of benzene rings is 3. The van der Waals surface area contributed by atoms with Crippen molar-refractivity contribution < 1.29 is 13.2 Å². The summed E-state index contributed by atoms with van der Waals surface area (Å²) in [4.78, 5) is 15.2. The molecule has 5 nitrogen and oxygen atoms in total. The van der Waals surface area contributed by atoms with Gasteiger partial charge in [-0.25, -0.2) is 12.4 Å². The van der Waals surface area contributed by atoms with Crippen molar-refractivity contribution in [3.05, 3.63) is 101 Å². The van der Waals surface area contributed by atoms with Crippen LogP contribution < -0.4 is 0 Å². The second kappa shape index (κ2) is 6.31. The van der Waals surface area contributed by atoms with Gasteiger partial charge >= 0.3 is 0 Å². The fourth-order valence-electron chi connectivity index (χ4n) is 5.06. The summed E-state index contributed by atoms with van der Waals surface area (Å²) < 4.78 is 29.1. The number of aryl methyl sites for hydroxylation is 1. The Morgan fingerprint density at radius 1 is 0.903 bits per heavy atom. The molecule has 0 aliphatic carbocycles. The minimum atomic E-state index is -3.79. The van der Waals surface area contributed by atoms with Crippen LogP contribution in [0.2, 0.25) is 0 Å². The van der Waals surface area contributed by atoms with Gasteiger partial charge in [-0.15, -0.1) is 0 Å². The maximum absolute atomic E-state index is 13.8. The number of hydrogen-bond donors (Lipinski definition) is 0. The number of hydrogen-bond acceptors (Lipinski definition) is 3. The van der Waals surface area contributed by atoms with E-state index in [-0.39, 0.29) is 16.8 Å². The Hall–Kier alpha value is -3.38. The molecule has 0 fully saturated rings. The maximum Gasteiger partial charge on any atom is 0.268 e. The minimum absolute atomic E-state index is 0.0180. The van der Waals surface area contributed by atoms with Crippen molar-refractivity contribution in [3.63, 3.8) is 0 Å². The van der Waals surface area contributed by atoms with Gasteiger partial charge in [0.25, 0.3) is 15.9 Å². The van der Waals surface area contributed by atoms with E-state index in [1.807, 2.05) is 72.5 Å². The molecule has 0 N–H and O–H groups in total. The van der Waals surface area contributed by atoms with Gasteiger partial charge in [0.15, 0.2) is 0 Å². The second-order valence-corrected chi connectivity index (χ2v) is 9.99. The first-order valence-electron chi connectivity index (χ1n) is 10.3. The molecular weight excluding hydrogens is 408 g/mol. The zero-order chi connectivity index (χ0) is 21.3. The Balaban J connectivity index is 1.67. The number of nitrogens with zero attached hydrogens (tertiary/aromatic N) is 2. The summed E-state index contributed by atoms with van der Waals surface area (Å²) >= 11 is 0. The van der Waals surface area contributed by atoms with Crippen molar-refractivity contribution in [3.8, 4) is 0 Å². The zero-order valence-electron chi connectivity index (χ0n) is 16.9. The first-order valence-corrected chi connectivity index (χ1v) is 11.8. The molecule has 3 heterocycles. The molecule has 154 valence electrons. The van der Waals surface area contributed by atoms with Crippen LogP contribution in [-0.4, -0.2) is 29.7 Å². The number of rotatable bonds is 2. The maximum atomic E-state index is 13.8. The van der Waals surface area contributed by atoms with Crippen molar-refractivity contribution in [1.29, 1.82) is 0 Å². The van der Waals surface area contributed by atoms with Crippen molar-refractivity contribution in [2.24, 2.45) is 0 Å². The van der Waals surface area contributed by atoms with Crippen LogP contribution >= 0.6 is 0 Å². The molecule has 6 heteroatoms. The van der Waals surface area contributed by atoms with E-state index < -0.39 is 10.0 Å². The van der Waals surface area contributed by atoms with Gasteiger partial charge in [-0.05, 0) is 36.8 Å². The molecule has 4 aromatic rings. The number of amides is 1. The van der Waals surface area contributed by atoms with Gasteiger partial charge in [0, 0.05) is 35.2 Å². The fourth-order valence-corrected chi connectivity index (χ4v) is 6.65. The first kappa shape index (κ1) is 18.4. The summed E-state index contributed by atoms with van der Waals surface area (Å²) in [6, 6.07) is 22.0. The highest BCUT2D eigenvalue weighted by Crippen LogP contribution is 2.47. The molecule has 1 aromatic heterocycles. The lowest BCUT2D eigenvalue weighted by molar-refractivity contribution is 0.0740. The van der Waals surface area contributed by atoms with Crippen molar-refractivity contribution in [1.82, 2.24) is 8.87 Å². The normalized spacial score (nSPS) is 17.5. The highest BCUT2D eigenvalue weighted by molar-refractivity contribution is 7.90. The monoisotopic (exact) mass is 428 g/mol. The van der Waals surface area contributed by atoms with Gasteiger partial charge in [0.05, 0.1) is 16.5 Å². The molecule has 0 radical (unpaired) electrons. The summed E-state index contributed by atoms with van der Waals surface area (Å²) in [7, 11) is -3.79. The van der Waals surface area contributed by atoms with E-state index >= 15 is 0 Å². The van der Waals surface area contributed by atoms with E-state index in [1.54, 1.807) is 12.1 Å². The highest BCUT2D eigenvalue weighted by atomic mass is 32.2. The van der Waals surface area contributed by atoms with Gasteiger partial charge in [0.2, 0.25) is 0 Å². The SMILES string of the molecule is Cc1ccc(S(=O)(=O)n2c3c(c4ccccc42)C2c4ccccc4C(=O)N2CC3)cc1. The number of fused-ring (bicyclic) bond motifs is 7. The van der Waals surface area contributed by atoms with E-state index in [0.29, 0.717) is 24.0 Å². The van der Waals surface area contributed by atoms with E-state index in [4.69, 9.17) is 0 Å². The van der Waals surface area contributed by atoms with Crippen LogP contribution in [0.1, 0.15) is 38.8 Å². The molecule has 0 saturated heterocycles. The lowest BCUT2D eigenvalue weighted by Gasteiger charge is -2.31. The Morgan fingerprint density at radius 2 is 1.61 bits per heavy atom. The van der Waals surface area contributed by atoms with Gasteiger partial charge in [-0.2, -0.15) is 0 Å². The van der Waals surface area contributed by atoms with Crippen LogP contribution in [0.4, 0.5) is 0 Å². The van der Waals surface area contributed by atoms with Crippen molar-refractivity contribution in [2.75, 3.05) is 6.54 Å². The molecular formula is C25H20N2O3S.